The second-order valence-electron chi connectivity index (χ2n) is 9.87. The number of hydrogen-bond donors (Lipinski definition) is 1. The number of ether oxygens (including phenoxy) is 2. The number of rotatable bonds is 9. The molecule has 5 heterocycles. The van der Waals surface area contributed by atoms with Crippen LogP contribution < -0.4 is 14.2 Å². The largest absolute Gasteiger partial charge is 0.485 e. The topological polar surface area (TPSA) is 147 Å². The molecule has 14 heteroatoms. The zero-order chi connectivity index (χ0) is 28.4. The van der Waals surface area contributed by atoms with Crippen molar-refractivity contribution in [2.75, 3.05) is 18.4 Å². The van der Waals surface area contributed by atoms with Crippen molar-refractivity contribution in [2.24, 2.45) is 5.92 Å². The summed E-state index contributed by atoms with van der Waals surface area (Å²) >= 11 is 5.99. The van der Waals surface area contributed by atoms with Gasteiger partial charge in [-0.3, -0.25) is 14.3 Å². The molecule has 0 spiro atoms. The minimum atomic E-state index is -4.00. The first-order chi connectivity index (χ1) is 19.2. The number of hydrogen-bond acceptors (Lipinski definition) is 10. The molecule has 0 bridgehead atoms. The van der Waals surface area contributed by atoms with Gasteiger partial charge in [-0.2, -0.15) is 0 Å². The molecule has 0 fully saturated rings. The molecule has 4 aromatic rings. The van der Waals surface area contributed by atoms with Gasteiger partial charge in [0.1, 0.15) is 12.4 Å². The average molecular weight is 585 g/mol. The third-order valence-corrected chi connectivity index (χ3v) is 8.75. The molecule has 0 radical (unpaired) electrons. The van der Waals surface area contributed by atoms with Gasteiger partial charge in [0.2, 0.25) is 16.0 Å². The van der Waals surface area contributed by atoms with Crippen molar-refractivity contribution >= 4 is 27.6 Å². The van der Waals surface area contributed by atoms with Crippen molar-refractivity contribution in [3.8, 4) is 23.0 Å². The highest BCUT2D eigenvalue weighted by Gasteiger charge is 2.36. The van der Waals surface area contributed by atoms with Crippen LogP contribution in [0.2, 0.25) is 5.02 Å². The zero-order valence-electron chi connectivity index (χ0n) is 22.4. The minimum absolute atomic E-state index is 0.0520. The van der Waals surface area contributed by atoms with Crippen molar-refractivity contribution < 1.29 is 17.9 Å². The normalized spacial score (nSPS) is 16.3. The van der Waals surface area contributed by atoms with Crippen LogP contribution in [0.15, 0.2) is 49.2 Å². The molecule has 0 amide bonds. The van der Waals surface area contributed by atoms with Crippen molar-refractivity contribution in [1.29, 1.82) is 0 Å². The summed E-state index contributed by atoms with van der Waals surface area (Å²) < 4.78 is 43.8. The Kier molecular flexibility index (Phi) is 7.86. The molecule has 12 nitrogen and oxygen atoms in total. The lowest BCUT2D eigenvalue weighted by atomic mass is 9.93. The minimum Gasteiger partial charge on any atom is -0.485 e. The first-order valence-corrected chi connectivity index (χ1v) is 14.6. The summed E-state index contributed by atoms with van der Waals surface area (Å²) in [6, 6.07) is 4.91. The van der Waals surface area contributed by atoms with Crippen molar-refractivity contribution in [3.05, 3.63) is 65.6 Å². The Morgan fingerprint density at radius 2 is 1.82 bits per heavy atom. The summed E-state index contributed by atoms with van der Waals surface area (Å²) in [6.45, 7) is 5.83. The number of sulfonamides is 1. The fourth-order valence-corrected chi connectivity index (χ4v) is 6.11. The van der Waals surface area contributed by atoms with Crippen LogP contribution in [0.4, 0.5) is 5.95 Å². The second kappa shape index (κ2) is 11.3. The molecule has 0 unspecified atom stereocenters. The van der Waals surface area contributed by atoms with E-state index in [2.05, 4.69) is 34.9 Å². The van der Waals surface area contributed by atoms with Gasteiger partial charge < -0.3 is 9.47 Å². The number of pyridine rings is 2. The maximum Gasteiger partial charge on any atom is 0.257 e. The van der Waals surface area contributed by atoms with E-state index in [1.165, 1.54) is 19.5 Å². The molecule has 4 aromatic heterocycles. The van der Waals surface area contributed by atoms with Crippen LogP contribution in [-0.2, 0) is 10.0 Å². The predicted octanol–water partition coefficient (Wildman–Crippen LogP) is 4.13. The van der Waals surface area contributed by atoms with E-state index in [1.54, 1.807) is 36.1 Å². The fourth-order valence-electron chi connectivity index (χ4n) is 4.76. The molecule has 210 valence electrons. The summed E-state index contributed by atoms with van der Waals surface area (Å²) in [7, 11) is -2.50. The maximum absolute atomic E-state index is 13.9. The van der Waals surface area contributed by atoms with E-state index in [-0.39, 0.29) is 24.4 Å². The van der Waals surface area contributed by atoms with Gasteiger partial charge in [-0.25, -0.2) is 23.4 Å². The number of halogens is 1. The van der Waals surface area contributed by atoms with Crippen LogP contribution in [0.25, 0.3) is 11.4 Å². The van der Waals surface area contributed by atoms with Crippen LogP contribution in [0.3, 0.4) is 0 Å². The molecule has 3 atom stereocenters. The van der Waals surface area contributed by atoms with E-state index >= 15 is 0 Å². The highest BCUT2D eigenvalue weighted by molar-refractivity contribution is 7.93. The van der Waals surface area contributed by atoms with E-state index < -0.39 is 27.2 Å². The summed E-state index contributed by atoms with van der Waals surface area (Å²) in [4.78, 5) is 17.0. The Morgan fingerprint density at radius 3 is 2.50 bits per heavy atom. The Bertz CT molecular complexity index is 1580. The SMILES string of the molecule is COc1nccc2c1OC[C@H](c1ccncc1)n1c(NS(=O)(=O)[C@@H](C)[C@@H](CC(C)C)c3ncc(Cl)cn3)nnc1-2. The van der Waals surface area contributed by atoms with Crippen molar-refractivity contribution in [3.63, 3.8) is 0 Å². The molecule has 40 heavy (non-hydrogen) atoms. The van der Waals surface area contributed by atoms with Gasteiger partial charge in [-0.1, -0.05) is 25.4 Å². The molecule has 5 rings (SSSR count). The van der Waals surface area contributed by atoms with Gasteiger partial charge in [0.25, 0.3) is 5.88 Å². The van der Waals surface area contributed by atoms with Gasteiger partial charge in [0.05, 0.1) is 29.0 Å². The molecular formula is C26H29ClN8O4S. The summed E-state index contributed by atoms with van der Waals surface area (Å²) in [5.41, 5.74) is 1.40. The number of fused-ring (bicyclic) bond motifs is 3. The predicted molar refractivity (Wildman–Crippen MR) is 149 cm³/mol. The van der Waals surface area contributed by atoms with E-state index in [0.717, 1.165) is 5.56 Å². The van der Waals surface area contributed by atoms with Gasteiger partial charge in [0.15, 0.2) is 11.6 Å². The van der Waals surface area contributed by atoms with Crippen LogP contribution in [0.1, 0.15) is 50.5 Å². The lowest BCUT2D eigenvalue weighted by molar-refractivity contribution is 0.263. The van der Waals surface area contributed by atoms with E-state index in [1.807, 2.05) is 26.0 Å². The lowest BCUT2D eigenvalue weighted by Crippen LogP contribution is -2.34. The molecule has 1 aliphatic heterocycles. The number of anilines is 1. The molecule has 0 aromatic carbocycles. The first kappa shape index (κ1) is 27.7. The highest BCUT2D eigenvalue weighted by atomic mass is 35.5. The monoisotopic (exact) mass is 584 g/mol. The maximum atomic E-state index is 13.9. The number of aromatic nitrogens is 7. The quantitative estimate of drug-likeness (QED) is 0.304. The second-order valence-corrected chi connectivity index (χ2v) is 12.3. The molecule has 0 saturated carbocycles. The number of methoxy groups -OCH3 is 1. The van der Waals surface area contributed by atoms with Gasteiger partial charge in [-0.15, -0.1) is 10.2 Å². The molecule has 0 aliphatic carbocycles. The summed E-state index contributed by atoms with van der Waals surface area (Å²) in [5.74, 6) is 1.26. The van der Waals surface area contributed by atoms with E-state index in [9.17, 15) is 8.42 Å². The Hall–Kier alpha value is -3.84. The lowest BCUT2D eigenvalue weighted by Gasteiger charge is -2.25. The third-order valence-electron chi connectivity index (χ3n) is 6.78. The third kappa shape index (κ3) is 5.43. The average Bonchev–Trinajstić information content (AvgIpc) is 3.26. The smallest absolute Gasteiger partial charge is 0.257 e. The number of nitrogens with one attached hydrogen (secondary N) is 1. The Labute approximate surface area is 237 Å². The van der Waals surface area contributed by atoms with Crippen LogP contribution in [0, 0.1) is 5.92 Å². The van der Waals surface area contributed by atoms with Gasteiger partial charge >= 0.3 is 0 Å². The molecule has 0 saturated heterocycles. The van der Waals surface area contributed by atoms with Gasteiger partial charge in [0, 0.05) is 36.9 Å². The summed E-state index contributed by atoms with van der Waals surface area (Å²) in [6.07, 6.45) is 8.39. The molecule has 1 N–H and O–H groups in total. The summed E-state index contributed by atoms with van der Waals surface area (Å²) in [5, 5.41) is 8.14. The molecule has 1 aliphatic rings. The molecular weight excluding hydrogens is 556 g/mol. The zero-order valence-corrected chi connectivity index (χ0v) is 24.0. The van der Waals surface area contributed by atoms with Crippen LogP contribution in [-0.4, -0.2) is 62.1 Å². The number of nitrogens with zero attached hydrogens (tertiary/aromatic N) is 7. The standard InChI is InChI=1S/C26H29ClN8O4S/c1-15(2)11-20(23-30-12-18(27)13-31-23)16(3)40(36,37)34-26-33-32-24-19-7-10-29-25(38-4)22(19)39-14-21(35(24)26)17-5-8-28-9-6-17/h5-10,12-13,15-16,20-21H,11,14H2,1-4H3,(H,33,34)/t16-,20+,21+/m0/s1. The van der Waals surface area contributed by atoms with Crippen molar-refractivity contribution in [1.82, 2.24) is 34.7 Å². The van der Waals surface area contributed by atoms with Gasteiger partial charge in [-0.05, 0) is 43.0 Å². The Morgan fingerprint density at radius 1 is 1.10 bits per heavy atom. The highest BCUT2D eigenvalue weighted by Crippen LogP contribution is 2.42. The first-order valence-electron chi connectivity index (χ1n) is 12.7. The van der Waals surface area contributed by atoms with Crippen LogP contribution in [0.5, 0.6) is 11.6 Å². The van der Waals surface area contributed by atoms with E-state index in [4.69, 9.17) is 21.1 Å². The van der Waals surface area contributed by atoms with Crippen molar-refractivity contribution in [2.45, 2.75) is 44.4 Å². The van der Waals surface area contributed by atoms with Crippen LogP contribution >= 0.6 is 11.6 Å². The van der Waals surface area contributed by atoms with E-state index in [0.29, 0.717) is 34.4 Å². The fraction of sp³-hybridized carbons (Fsp3) is 0.385. The Balaban J connectivity index is 1.57.